The molecule has 0 atom stereocenters. The number of halogens is 4. The fourth-order valence-electron chi connectivity index (χ4n) is 1.18. The van der Waals surface area contributed by atoms with Crippen LogP contribution in [0.3, 0.4) is 0 Å². The van der Waals surface area contributed by atoms with E-state index in [1.165, 1.54) is 0 Å². The first-order valence-corrected chi connectivity index (χ1v) is 5.12. The van der Waals surface area contributed by atoms with Gasteiger partial charge in [0, 0.05) is 5.56 Å². The third-order valence-electron chi connectivity index (χ3n) is 1.88. The third-order valence-corrected chi connectivity index (χ3v) is 2.13. The maximum absolute atomic E-state index is 13.4. The lowest BCUT2D eigenvalue weighted by Gasteiger charge is -2.07. The molecule has 0 N–H and O–H groups in total. The Bertz CT molecular complexity index is 426. The predicted molar refractivity (Wildman–Crippen MR) is 54.5 cm³/mol. The van der Waals surface area contributed by atoms with Crippen molar-refractivity contribution in [3.05, 3.63) is 28.3 Å². The summed E-state index contributed by atoms with van der Waals surface area (Å²) in [5.41, 5.74) is -0.922. The van der Waals surface area contributed by atoms with Gasteiger partial charge in [0.05, 0.1) is 13.0 Å². The average molecular weight is 268 g/mol. The first kappa shape index (κ1) is 13.8. The van der Waals surface area contributed by atoms with E-state index in [-0.39, 0.29) is 12.2 Å². The first-order valence-electron chi connectivity index (χ1n) is 4.74. The second-order valence-electron chi connectivity index (χ2n) is 3.09. The van der Waals surface area contributed by atoms with Crippen molar-refractivity contribution in [2.24, 2.45) is 0 Å². The quantitative estimate of drug-likeness (QED) is 0.622. The molecule has 0 fully saturated rings. The van der Waals surface area contributed by atoms with E-state index in [2.05, 4.69) is 9.72 Å². The molecule has 0 spiro atoms. The molecule has 0 aliphatic carbocycles. The number of aromatic nitrogens is 1. The van der Waals surface area contributed by atoms with Crippen molar-refractivity contribution < 1.29 is 22.7 Å². The van der Waals surface area contributed by atoms with Crippen molar-refractivity contribution in [1.29, 1.82) is 0 Å². The summed E-state index contributed by atoms with van der Waals surface area (Å²) < 4.78 is 42.8. The number of esters is 1. The molecule has 1 aromatic heterocycles. The highest BCUT2D eigenvalue weighted by atomic mass is 35.5. The molecule has 17 heavy (non-hydrogen) atoms. The SMILES string of the molecule is CCOC(=O)Cc1cc(C(F)F)nc(Cl)c1F. The van der Waals surface area contributed by atoms with Gasteiger partial charge in [-0.2, -0.15) is 0 Å². The Morgan fingerprint density at radius 2 is 2.24 bits per heavy atom. The van der Waals surface area contributed by atoms with Crippen LogP contribution in [0.1, 0.15) is 24.6 Å². The van der Waals surface area contributed by atoms with E-state index in [4.69, 9.17) is 11.6 Å². The van der Waals surface area contributed by atoms with E-state index in [1.807, 2.05) is 0 Å². The Kier molecular flexibility index (Phi) is 4.74. The van der Waals surface area contributed by atoms with Crippen LogP contribution in [0.5, 0.6) is 0 Å². The maximum Gasteiger partial charge on any atom is 0.310 e. The summed E-state index contributed by atoms with van der Waals surface area (Å²) in [5, 5.41) is -0.679. The van der Waals surface area contributed by atoms with E-state index in [1.54, 1.807) is 6.92 Å². The normalized spacial score (nSPS) is 10.7. The summed E-state index contributed by atoms with van der Waals surface area (Å²) in [7, 11) is 0. The van der Waals surface area contributed by atoms with E-state index < -0.39 is 35.5 Å². The molecule has 1 aromatic rings. The van der Waals surface area contributed by atoms with Crippen LogP contribution in [-0.2, 0) is 16.0 Å². The second-order valence-corrected chi connectivity index (χ2v) is 3.45. The highest BCUT2D eigenvalue weighted by Crippen LogP contribution is 2.24. The number of carbonyl (C=O) groups is 1. The van der Waals surface area contributed by atoms with Crippen LogP contribution in [0.2, 0.25) is 5.15 Å². The lowest BCUT2D eigenvalue weighted by molar-refractivity contribution is -0.142. The predicted octanol–water partition coefficient (Wildman–Crippen LogP) is 2.92. The van der Waals surface area contributed by atoms with Gasteiger partial charge in [-0.05, 0) is 13.0 Å². The molecule has 0 saturated carbocycles. The fourth-order valence-corrected chi connectivity index (χ4v) is 1.40. The molecule has 0 aromatic carbocycles. The molecular weight excluding hydrogens is 259 g/mol. The van der Waals surface area contributed by atoms with Gasteiger partial charge in [-0.3, -0.25) is 4.79 Å². The van der Waals surface area contributed by atoms with Gasteiger partial charge < -0.3 is 4.74 Å². The Labute approximate surface area is 101 Å². The molecule has 0 unspecified atom stereocenters. The summed E-state index contributed by atoms with van der Waals surface area (Å²) in [6, 6.07) is 0.808. The van der Waals surface area contributed by atoms with Gasteiger partial charge in [-0.1, -0.05) is 11.6 Å². The van der Waals surface area contributed by atoms with E-state index in [9.17, 15) is 18.0 Å². The molecule has 0 radical (unpaired) electrons. The zero-order valence-electron chi connectivity index (χ0n) is 8.84. The smallest absolute Gasteiger partial charge is 0.310 e. The number of hydrogen-bond acceptors (Lipinski definition) is 3. The molecule has 0 bridgehead atoms. The van der Waals surface area contributed by atoms with Gasteiger partial charge in [0.2, 0.25) is 0 Å². The van der Waals surface area contributed by atoms with Crippen LogP contribution in [-0.4, -0.2) is 17.6 Å². The Balaban J connectivity index is 3.01. The molecular formula is C10H9ClF3NO2. The number of ether oxygens (including phenoxy) is 1. The highest BCUT2D eigenvalue weighted by molar-refractivity contribution is 6.29. The van der Waals surface area contributed by atoms with Crippen LogP contribution in [0.4, 0.5) is 13.2 Å². The molecule has 3 nitrogen and oxygen atoms in total. The largest absolute Gasteiger partial charge is 0.466 e. The van der Waals surface area contributed by atoms with Crippen LogP contribution < -0.4 is 0 Å². The summed E-state index contributed by atoms with van der Waals surface area (Å²) in [6.07, 6.45) is -3.34. The third kappa shape index (κ3) is 3.59. The maximum atomic E-state index is 13.4. The topological polar surface area (TPSA) is 39.2 Å². The Morgan fingerprint density at radius 3 is 2.76 bits per heavy atom. The minimum Gasteiger partial charge on any atom is -0.466 e. The van der Waals surface area contributed by atoms with Crippen molar-refractivity contribution >= 4 is 17.6 Å². The number of alkyl halides is 2. The molecule has 0 aliphatic rings. The first-order chi connectivity index (χ1) is 7.95. The summed E-state index contributed by atoms with van der Waals surface area (Å²) >= 11 is 5.35. The number of pyridine rings is 1. The number of hydrogen-bond donors (Lipinski definition) is 0. The minimum atomic E-state index is -2.88. The van der Waals surface area contributed by atoms with E-state index in [0.29, 0.717) is 0 Å². The van der Waals surface area contributed by atoms with E-state index >= 15 is 0 Å². The molecule has 1 rings (SSSR count). The fraction of sp³-hybridized carbons (Fsp3) is 0.400. The monoisotopic (exact) mass is 267 g/mol. The van der Waals surface area contributed by atoms with Crippen LogP contribution in [0, 0.1) is 5.82 Å². The van der Waals surface area contributed by atoms with Crippen molar-refractivity contribution in [2.45, 2.75) is 19.8 Å². The van der Waals surface area contributed by atoms with Crippen LogP contribution in [0.15, 0.2) is 6.07 Å². The second kappa shape index (κ2) is 5.86. The Hall–Kier alpha value is -1.30. The van der Waals surface area contributed by atoms with Crippen molar-refractivity contribution in [1.82, 2.24) is 4.98 Å². The molecule has 1 heterocycles. The van der Waals surface area contributed by atoms with Gasteiger partial charge in [0.15, 0.2) is 11.0 Å². The van der Waals surface area contributed by atoms with Crippen molar-refractivity contribution in [3.63, 3.8) is 0 Å². The molecule has 0 saturated heterocycles. The van der Waals surface area contributed by atoms with Crippen molar-refractivity contribution in [2.75, 3.05) is 6.61 Å². The summed E-state index contributed by atoms with van der Waals surface area (Å²) in [6.45, 7) is 1.71. The van der Waals surface area contributed by atoms with Gasteiger partial charge in [-0.25, -0.2) is 18.2 Å². The van der Waals surface area contributed by atoms with Gasteiger partial charge in [-0.15, -0.1) is 0 Å². The van der Waals surface area contributed by atoms with Gasteiger partial charge >= 0.3 is 5.97 Å². The number of carbonyl (C=O) groups excluding carboxylic acids is 1. The zero-order chi connectivity index (χ0) is 13.0. The standard InChI is InChI=1S/C10H9ClF3NO2/c1-2-17-7(16)4-5-3-6(10(13)14)15-9(11)8(5)12/h3,10H,2,4H2,1H3. The summed E-state index contributed by atoms with van der Waals surface area (Å²) in [5.74, 6) is -1.70. The lowest BCUT2D eigenvalue weighted by Crippen LogP contribution is -2.10. The number of rotatable bonds is 4. The van der Waals surface area contributed by atoms with Crippen LogP contribution >= 0.6 is 11.6 Å². The van der Waals surface area contributed by atoms with Gasteiger partial charge in [0.1, 0.15) is 5.69 Å². The summed E-state index contributed by atoms with van der Waals surface area (Å²) in [4.78, 5) is 14.3. The highest BCUT2D eigenvalue weighted by Gasteiger charge is 2.18. The lowest BCUT2D eigenvalue weighted by atomic mass is 10.1. The molecule has 94 valence electrons. The zero-order valence-corrected chi connectivity index (χ0v) is 9.60. The minimum absolute atomic E-state index is 0.126. The Morgan fingerprint density at radius 1 is 1.59 bits per heavy atom. The van der Waals surface area contributed by atoms with Crippen molar-refractivity contribution in [3.8, 4) is 0 Å². The van der Waals surface area contributed by atoms with Gasteiger partial charge in [0.25, 0.3) is 6.43 Å². The number of nitrogens with zero attached hydrogens (tertiary/aromatic N) is 1. The molecule has 0 amide bonds. The average Bonchev–Trinajstić information content (AvgIpc) is 2.24. The molecule has 7 heteroatoms. The molecule has 0 aliphatic heterocycles. The van der Waals surface area contributed by atoms with Crippen LogP contribution in [0.25, 0.3) is 0 Å². The van der Waals surface area contributed by atoms with E-state index in [0.717, 1.165) is 6.07 Å².